The van der Waals surface area contributed by atoms with Gasteiger partial charge in [0.05, 0.1) is 28.4 Å². The van der Waals surface area contributed by atoms with Crippen LogP contribution in [0.5, 0.6) is 5.88 Å². The Morgan fingerprint density at radius 2 is 1.94 bits per heavy atom. The Labute approximate surface area is 181 Å². The molecule has 0 spiro atoms. The molecule has 0 amide bonds. The fourth-order valence-corrected chi connectivity index (χ4v) is 3.83. The van der Waals surface area contributed by atoms with E-state index >= 15 is 0 Å². The average molecular weight is 425 g/mol. The summed E-state index contributed by atoms with van der Waals surface area (Å²) in [5.74, 6) is -0.0378. The highest BCUT2D eigenvalue weighted by Crippen LogP contribution is 2.48. The normalized spacial score (nSPS) is 15.0. The van der Waals surface area contributed by atoms with Gasteiger partial charge in [-0.1, -0.05) is 30.3 Å². The lowest BCUT2D eigenvalue weighted by atomic mass is 9.83. The SMILES string of the molecule is N#CC1=C(N)Oc2c(c(-c3ccco3)nn2-c2ccccc2)C1c1cccc([N+](=O)[O-])c1. The van der Waals surface area contributed by atoms with Gasteiger partial charge in [0.25, 0.3) is 5.69 Å². The molecule has 32 heavy (non-hydrogen) atoms. The number of non-ortho nitro benzene ring substituents is 1. The highest BCUT2D eigenvalue weighted by Gasteiger charge is 2.38. The van der Waals surface area contributed by atoms with Gasteiger partial charge in [-0.2, -0.15) is 15.0 Å². The third kappa shape index (κ3) is 2.98. The number of nitriles is 1. The summed E-state index contributed by atoms with van der Waals surface area (Å²) in [6.45, 7) is 0. The van der Waals surface area contributed by atoms with E-state index in [-0.39, 0.29) is 17.1 Å². The van der Waals surface area contributed by atoms with Crippen molar-refractivity contribution in [1.82, 2.24) is 9.78 Å². The summed E-state index contributed by atoms with van der Waals surface area (Å²) >= 11 is 0. The van der Waals surface area contributed by atoms with Gasteiger partial charge in [-0.05, 0) is 29.8 Å². The summed E-state index contributed by atoms with van der Waals surface area (Å²) < 4.78 is 13.1. The van der Waals surface area contributed by atoms with Crippen LogP contribution in [0.2, 0.25) is 0 Å². The quantitative estimate of drug-likeness (QED) is 0.381. The topological polar surface area (TPSA) is 133 Å². The molecule has 9 nitrogen and oxygen atoms in total. The van der Waals surface area contributed by atoms with E-state index in [1.54, 1.807) is 28.9 Å². The van der Waals surface area contributed by atoms with Gasteiger partial charge in [-0.15, -0.1) is 0 Å². The molecular weight excluding hydrogens is 410 g/mol. The van der Waals surface area contributed by atoms with Crippen molar-refractivity contribution in [3.63, 3.8) is 0 Å². The molecule has 1 aliphatic heterocycles. The Hall–Kier alpha value is -4.84. The van der Waals surface area contributed by atoms with E-state index in [0.717, 1.165) is 0 Å². The highest BCUT2D eigenvalue weighted by atomic mass is 16.6. The molecule has 5 rings (SSSR count). The minimum absolute atomic E-state index is 0.0837. The van der Waals surface area contributed by atoms with Crippen molar-refractivity contribution in [1.29, 1.82) is 5.26 Å². The molecule has 4 aromatic rings. The van der Waals surface area contributed by atoms with Crippen LogP contribution in [-0.2, 0) is 0 Å². The van der Waals surface area contributed by atoms with Crippen LogP contribution in [0.25, 0.3) is 17.1 Å². The summed E-state index contributed by atoms with van der Waals surface area (Å²) in [6, 6.07) is 21.0. The molecule has 9 heteroatoms. The number of ether oxygens (including phenoxy) is 1. The number of nitrogens with zero attached hydrogens (tertiary/aromatic N) is 4. The van der Waals surface area contributed by atoms with Crippen molar-refractivity contribution >= 4 is 5.69 Å². The summed E-state index contributed by atoms with van der Waals surface area (Å²) in [5.41, 5.74) is 8.40. The minimum atomic E-state index is -0.735. The van der Waals surface area contributed by atoms with Gasteiger partial charge >= 0.3 is 0 Å². The number of furan rings is 1. The van der Waals surface area contributed by atoms with E-state index in [1.807, 2.05) is 30.3 Å². The van der Waals surface area contributed by atoms with Crippen molar-refractivity contribution in [3.8, 4) is 29.1 Å². The number of nitro groups is 1. The van der Waals surface area contributed by atoms with Gasteiger partial charge in [-0.25, -0.2) is 0 Å². The molecule has 2 aromatic carbocycles. The zero-order valence-electron chi connectivity index (χ0n) is 16.5. The van der Waals surface area contributed by atoms with E-state index < -0.39 is 10.8 Å². The number of aromatic nitrogens is 2. The predicted octanol–water partition coefficient (Wildman–Crippen LogP) is 4.26. The Kier molecular flexibility index (Phi) is 4.45. The van der Waals surface area contributed by atoms with Crippen molar-refractivity contribution in [2.75, 3.05) is 0 Å². The number of benzene rings is 2. The molecule has 156 valence electrons. The van der Waals surface area contributed by atoms with Crippen molar-refractivity contribution in [2.24, 2.45) is 5.73 Å². The number of para-hydroxylation sites is 1. The van der Waals surface area contributed by atoms with Gasteiger partial charge in [-0.3, -0.25) is 10.1 Å². The number of hydrogen-bond donors (Lipinski definition) is 1. The standard InChI is InChI=1S/C23H15N5O4/c24-13-17-19(14-6-4-9-16(12-14)28(29)30)20-21(18-10-5-11-31-18)26-27(23(20)32-22(17)25)15-7-2-1-3-8-15/h1-12,19H,25H2. The van der Waals surface area contributed by atoms with E-state index in [1.165, 1.54) is 18.4 Å². The van der Waals surface area contributed by atoms with Crippen molar-refractivity contribution in [2.45, 2.75) is 5.92 Å². The van der Waals surface area contributed by atoms with Crippen LogP contribution in [0.1, 0.15) is 17.0 Å². The first-order valence-corrected chi connectivity index (χ1v) is 9.62. The maximum absolute atomic E-state index is 11.4. The number of allylic oxidation sites excluding steroid dienone is 1. The molecule has 0 bridgehead atoms. The molecule has 2 N–H and O–H groups in total. The van der Waals surface area contributed by atoms with E-state index in [9.17, 15) is 15.4 Å². The minimum Gasteiger partial charge on any atom is -0.463 e. The van der Waals surface area contributed by atoms with Crippen LogP contribution in [0.4, 0.5) is 5.69 Å². The number of nitrogens with two attached hydrogens (primary N) is 1. The Morgan fingerprint density at radius 1 is 1.12 bits per heavy atom. The first kappa shape index (κ1) is 19.1. The molecule has 1 aliphatic rings. The smallest absolute Gasteiger partial charge is 0.269 e. The molecule has 2 aromatic heterocycles. The molecule has 3 heterocycles. The number of rotatable bonds is 4. The van der Waals surface area contributed by atoms with Crippen LogP contribution in [-0.4, -0.2) is 14.7 Å². The summed E-state index contributed by atoms with van der Waals surface area (Å²) in [5, 5.41) is 26.0. The fraction of sp³-hybridized carbons (Fsp3) is 0.0435. The second kappa shape index (κ2) is 7.45. The van der Waals surface area contributed by atoms with Crippen molar-refractivity contribution in [3.05, 3.63) is 106 Å². The highest BCUT2D eigenvalue weighted by molar-refractivity contribution is 5.69. The number of fused-ring (bicyclic) bond motifs is 1. The lowest BCUT2D eigenvalue weighted by Crippen LogP contribution is -2.22. The molecule has 0 radical (unpaired) electrons. The second-order valence-corrected chi connectivity index (χ2v) is 7.07. The third-order valence-corrected chi connectivity index (χ3v) is 5.22. The maximum Gasteiger partial charge on any atom is 0.269 e. The zero-order chi connectivity index (χ0) is 22.2. The molecular formula is C23H15N5O4. The zero-order valence-corrected chi connectivity index (χ0v) is 16.5. The molecule has 0 fully saturated rings. The molecule has 0 aliphatic carbocycles. The van der Waals surface area contributed by atoms with Gasteiger partial charge in [0.15, 0.2) is 5.76 Å². The largest absolute Gasteiger partial charge is 0.463 e. The summed E-state index contributed by atoms with van der Waals surface area (Å²) in [4.78, 5) is 10.9. The van der Waals surface area contributed by atoms with E-state index in [4.69, 9.17) is 20.0 Å². The maximum atomic E-state index is 11.4. The van der Waals surface area contributed by atoms with Crippen LogP contribution in [0.15, 0.2) is 88.9 Å². The Bertz CT molecular complexity index is 1400. The average Bonchev–Trinajstić information content (AvgIpc) is 3.47. The molecule has 0 saturated heterocycles. The fourth-order valence-electron chi connectivity index (χ4n) is 3.83. The van der Waals surface area contributed by atoms with E-state index in [2.05, 4.69) is 6.07 Å². The molecule has 1 atom stereocenters. The first-order chi connectivity index (χ1) is 15.6. The lowest BCUT2D eigenvalue weighted by molar-refractivity contribution is -0.384. The lowest BCUT2D eigenvalue weighted by Gasteiger charge is -2.24. The third-order valence-electron chi connectivity index (χ3n) is 5.22. The first-order valence-electron chi connectivity index (χ1n) is 9.62. The molecule has 0 saturated carbocycles. The van der Waals surface area contributed by atoms with Crippen LogP contribution in [0, 0.1) is 21.4 Å². The van der Waals surface area contributed by atoms with E-state index in [0.29, 0.717) is 34.1 Å². The van der Waals surface area contributed by atoms with Gasteiger partial charge in [0.1, 0.15) is 17.3 Å². The number of nitro benzene ring substituents is 1. The monoisotopic (exact) mass is 425 g/mol. The predicted molar refractivity (Wildman–Crippen MR) is 114 cm³/mol. The van der Waals surface area contributed by atoms with Gasteiger partial charge < -0.3 is 14.9 Å². The van der Waals surface area contributed by atoms with Crippen LogP contribution < -0.4 is 10.5 Å². The Morgan fingerprint density at radius 3 is 2.62 bits per heavy atom. The second-order valence-electron chi connectivity index (χ2n) is 7.07. The van der Waals surface area contributed by atoms with Crippen LogP contribution >= 0.6 is 0 Å². The summed E-state index contributed by atoms with van der Waals surface area (Å²) in [6.07, 6.45) is 1.52. The Balaban J connectivity index is 1.82. The van der Waals surface area contributed by atoms with Crippen LogP contribution in [0.3, 0.4) is 0 Å². The number of hydrogen-bond acceptors (Lipinski definition) is 7. The summed E-state index contributed by atoms with van der Waals surface area (Å²) in [7, 11) is 0. The van der Waals surface area contributed by atoms with Gasteiger partial charge in [0.2, 0.25) is 11.8 Å². The van der Waals surface area contributed by atoms with Crippen molar-refractivity contribution < 1.29 is 14.1 Å². The van der Waals surface area contributed by atoms with Gasteiger partial charge in [0, 0.05) is 12.1 Å². The molecule has 1 unspecified atom stereocenters.